The van der Waals surface area contributed by atoms with Crippen molar-refractivity contribution in [1.82, 2.24) is 0 Å². The van der Waals surface area contributed by atoms with Crippen LogP contribution in [0, 0.1) is 0 Å². The summed E-state index contributed by atoms with van der Waals surface area (Å²) < 4.78 is 0. The topological polar surface area (TPSA) is 0 Å². The Hall–Kier alpha value is -0.430. The van der Waals surface area contributed by atoms with Crippen molar-refractivity contribution in [3.8, 4) is 0 Å². The minimum absolute atomic E-state index is 0. The normalized spacial score (nSPS) is 11.1. The van der Waals surface area contributed by atoms with Gasteiger partial charge < -0.3 is 0 Å². The van der Waals surface area contributed by atoms with E-state index in [0.717, 1.165) is 0 Å². The predicted octanol–water partition coefficient (Wildman–Crippen LogP) is 5.71. The summed E-state index contributed by atoms with van der Waals surface area (Å²) in [4.78, 5) is 0. The molecule has 90 valence electrons. The van der Waals surface area contributed by atoms with Gasteiger partial charge in [-0.05, 0) is 34.4 Å². The molecule has 1 aromatic carbocycles. The van der Waals surface area contributed by atoms with E-state index in [-0.39, 0.29) is 13.5 Å². The van der Waals surface area contributed by atoms with Crippen molar-refractivity contribution < 1.29 is 0 Å². The molecule has 0 atom stereocenters. The van der Waals surface area contributed by atoms with Gasteiger partial charge in [0.2, 0.25) is 0 Å². The van der Waals surface area contributed by atoms with Gasteiger partial charge in [0.25, 0.3) is 0 Å². The molecule has 0 aliphatic carbocycles. The first-order valence-corrected chi connectivity index (χ1v) is 6.06. The summed E-state index contributed by atoms with van der Waals surface area (Å²) in [6.07, 6.45) is 0. The third-order valence-corrected chi connectivity index (χ3v) is 3.00. The van der Waals surface area contributed by atoms with Gasteiger partial charge >= 0.3 is 0 Å². The molecule has 0 heterocycles. The highest BCUT2D eigenvalue weighted by molar-refractivity contribution is 7.59. The Morgan fingerprint density at radius 1 is 0.562 bits per heavy atom. The molecule has 1 aromatic rings. The van der Waals surface area contributed by atoms with Crippen molar-refractivity contribution in [2.45, 2.75) is 59.3 Å². The zero-order chi connectivity index (χ0) is 11.6. The van der Waals surface area contributed by atoms with Crippen LogP contribution in [0.15, 0.2) is 18.2 Å². The molecule has 16 heavy (non-hydrogen) atoms. The molecule has 0 bridgehead atoms. The Morgan fingerprint density at radius 3 is 0.875 bits per heavy atom. The lowest BCUT2D eigenvalue weighted by Crippen LogP contribution is -1.98. The van der Waals surface area contributed by atoms with Crippen LogP contribution in [0.5, 0.6) is 0 Å². The maximum Gasteiger partial charge on any atom is 0 e. The van der Waals surface area contributed by atoms with Crippen molar-refractivity contribution in [3.05, 3.63) is 34.9 Å². The lowest BCUT2D eigenvalue weighted by atomic mass is 9.90. The SMILES string of the molecule is CC(C)c1cc(C(C)C)cc(C(C)C)c1.[S]. The van der Waals surface area contributed by atoms with E-state index in [4.69, 9.17) is 0 Å². The molecular weight excluding hydrogens is 212 g/mol. The average molecular weight is 236 g/mol. The fourth-order valence-corrected chi connectivity index (χ4v) is 1.70. The van der Waals surface area contributed by atoms with Crippen molar-refractivity contribution >= 4 is 13.5 Å². The van der Waals surface area contributed by atoms with Crippen LogP contribution in [-0.2, 0) is 0 Å². The highest BCUT2D eigenvalue weighted by Gasteiger charge is 2.08. The second kappa shape index (κ2) is 6.34. The monoisotopic (exact) mass is 236 g/mol. The van der Waals surface area contributed by atoms with Gasteiger partial charge in [-0.3, -0.25) is 0 Å². The summed E-state index contributed by atoms with van der Waals surface area (Å²) in [5, 5.41) is 0. The molecule has 1 rings (SSSR count). The van der Waals surface area contributed by atoms with Gasteiger partial charge in [0.1, 0.15) is 0 Å². The molecule has 0 aliphatic heterocycles. The lowest BCUT2D eigenvalue weighted by Gasteiger charge is -2.16. The van der Waals surface area contributed by atoms with Gasteiger partial charge in [-0.2, -0.15) is 0 Å². The lowest BCUT2D eigenvalue weighted by molar-refractivity contribution is 0.804. The fraction of sp³-hybridized carbons (Fsp3) is 0.600. The minimum atomic E-state index is 0. The Morgan fingerprint density at radius 2 is 0.750 bits per heavy atom. The average Bonchev–Trinajstić information content (AvgIpc) is 2.16. The van der Waals surface area contributed by atoms with E-state index >= 15 is 0 Å². The standard InChI is InChI=1S/C15H24.S/c1-10(2)13-7-14(11(3)4)9-15(8-13)12(5)6;/h7-12H,1-6H3;. The van der Waals surface area contributed by atoms with Crippen molar-refractivity contribution in [2.75, 3.05) is 0 Å². The Balaban J connectivity index is 0.00000225. The predicted molar refractivity (Wildman–Crippen MR) is 76.3 cm³/mol. The van der Waals surface area contributed by atoms with Crippen LogP contribution in [0.25, 0.3) is 0 Å². The Labute approximate surface area is 108 Å². The Bertz CT molecular complexity index is 259. The summed E-state index contributed by atoms with van der Waals surface area (Å²) in [6.45, 7) is 13.6. The molecule has 0 spiro atoms. The number of rotatable bonds is 3. The number of hydrogen-bond acceptors (Lipinski definition) is 0. The van der Waals surface area contributed by atoms with Gasteiger partial charge in [0.05, 0.1) is 0 Å². The summed E-state index contributed by atoms with van der Waals surface area (Å²) >= 11 is 0. The van der Waals surface area contributed by atoms with E-state index in [2.05, 4.69) is 59.7 Å². The molecule has 0 N–H and O–H groups in total. The van der Waals surface area contributed by atoms with E-state index in [1.54, 1.807) is 0 Å². The van der Waals surface area contributed by atoms with Crippen LogP contribution in [0.4, 0.5) is 0 Å². The van der Waals surface area contributed by atoms with Gasteiger partial charge in [-0.1, -0.05) is 59.7 Å². The second-order valence-electron chi connectivity index (χ2n) is 5.40. The van der Waals surface area contributed by atoms with Gasteiger partial charge in [0, 0.05) is 13.5 Å². The minimum Gasteiger partial charge on any atom is -0.0587 e. The third kappa shape index (κ3) is 3.86. The van der Waals surface area contributed by atoms with Crippen molar-refractivity contribution in [3.63, 3.8) is 0 Å². The van der Waals surface area contributed by atoms with Crippen LogP contribution in [0.2, 0.25) is 0 Å². The zero-order valence-corrected chi connectivity index (χ0v) is 12.2. The fourth-order valence-electron chi connectivity index (χ4n) is 1.70. The molecule has 0 saturated carbocycles. The second-order valence-corrected chi connectivity index (χ2v) is 5.40. The molecule has 1 heteroatoms. The van der Waals surface area contributed by atoms with Gasteiger partial charge in [0.15, 0.2) is 0 Å². The number of hydrogen-bond donors (Lipinski definition) is 0. The third-order valence-electron chi connectivity index (χ3n) is 3.00. The molecule has 0 saturated heterocycles. The van der Waals surface area contributed by atoms with E-state index < -0.39 is 0 Å². The highest BCUT2D eigenvalue weighted by Crippen LogP contribution is 2.26. The molecule has 0 amide bonds. The zero-order valence-electron chi connectivity index (χ0n) is 11.4. The first kappa shape index (κ1) is 15.6. The molecular formula is C15H24S. The smallest absolute Gasteiger partial charge is 0 e. The van der Waals surface area contributed by atoms with Crippen molar-refractivity contribution in [1.29, 1.82) is 0 Å². The molecule has 2 radical (unpaired) electrons. The highest BCUT2D eigenvalue weighted by atomic mass is 32.1. The summed E-state index contributed by atoms with van der Waals surface area (Å²) in [6, 6.07) is 7.09. The first-order valence-electron chi connectivity index (χ1n) is 6.06. The number of benzene rings is 1. The molecule has 0 aromatic heterocycles. The van der Waals surface area contributed by atoms with Gasteiger partial charge in [-0.15, -0.1) is 0 Å². The molecule has 0 fully saturated rings. The summed E-state index contributed by atoms with van der Waals surface area (Å²) in [7, 11) is 0. The van der Waals surface area contributed by atoms with E-state index in [0.29, 0.717) is 17.8 Å². The van der Waals surface area contributed by atoms with Crippen LogP contribution in [0.3, 0.4) is 0 Å². The Kier molecular flexibility index (Phi) is 6.17. The van der Waals surface area contributed by atoms with Crippen LogP contribution in [-0.4, -0.2) is 0 Å². The summed E-state index contributed by atoms with van der Waals surface area (Å²) in [5.74, 6) is 1.88. The largest absolute Gasteiger partial charge is 0.0587 e. The van der Waals surface area contributed by atoms with Crippen LogP contribution in [0.1, 0.15) is 76.0 Å². The van der Waals surface area contributed by atoms with Crippen LogP contribution < -0.4 is 0 Å². The quantitative estimate of drug-likeness (QED) is 0.631. The molecule has 0 aliphatic rings. The maximum absolute atomic E-state index is 2.36. The van der Waals surface area contributed by atoms with E-state index in [9.17, 15) is 0 Å². The maximum atomic E-state index is 2.36. The molecule has 0 nitrogen and oxygen atoms in total. The van der Waals surface area contributed by atoms with E-state index in [1.165, 1.54) is 16.7 Å². The first-order chi connectivity index (χ1) is 6.91. The van der Waals surface area contributed by atoms with Crippen LogP contribution >= 0.6 is 13.5 Å². The molecule has 0 unspecified atom stereocenters. The van der Waals surface area contributed by atoms with Gasteiger partial charge in [-0.25, -0.2) is 0 Å². The summed E-state index contributed by atoms with van der Waals surface area (Å²) in [5.41, 5.74) is 4.43. The van der Waals surface area contributed by atoms with Crippen molar-refractivity contribution in [2.24, 2.45) is 0 Å². The van der Waals surface area contributed by atoms with E-state index in [1.807, 2.05) is 0 Å².